The molecule has 0 atom stereocenters. The number of aromatic nitrogens is 3. The standard InChI is InChI=1S/C18H16N4O2/c23-18(20-11-14-6-8-19-9-7-14)16-10-17(22-13-21-16)24-12-15-4-2-1-3-5-15/h1-10,13H,11-12H2,(H,20,23). The highest BCUT2D eigenvalue weighted by atomic mass is 16.5. The van der Waals surface area contributed by atoms with E-state index in [0.717, 1.165) is 11.1 Å². The third-order valence-corrected chi connectivity index (χ3v) is 3.31. The zero-order valence-corrected chi connectivity index (χ0v) is 12.9. The normalized spacial score (nSPS) is 10.2. The summed E-state index contributed by atoms with van der Waals surface area (Å²) in [7, 11) is 0. The SMILES string of the molecule is O=C(NCc1ccncc1)c1cc(OCc2ccccc2)ncn1. The van der Waals surface area contributed by atoms with Crippen LogP contribution in [0.5, 0.6) is 5.88 Å². The number of nitrogens with one attached hydrogen (secondary N) is 1. The van der Waals surface area contributed by atoms with Crippen molar-refractivity contribution >= 4 is 5.91 Å². The smallest absolute Gasteiger partial charge is 0.270 e. The predicted molar refractivity (Wildman–Crippen MR) is 88.2 cm³/mol. The molecule has 0 spiro atoms. The first kappa shape index (κ1) is 15.6. The highest BCUT2D eigenvalue weighted by Crippen LogP contribution is 2.10. The topological polar surface area (TPSA) is 77.0 Å². The summed E-state index contributed by atoms with van der Waals surface area (Å²) in [6, 6.07) is 15.0. The van der Waals surface area contributed by atoms with Crippen molar-refractivity contribution in [1.29, 1.82) is 0 Å². The van der Waals surface area contributed by atoms with Crippen LogP contribution in [0.4, 0.5) is 0 Å². The van der Waals surface area contributed by atoms with E-state index in [2.05, 4.69) is 20.3 Å². The number of nitrogens with zero attached hydrogens (tertiary/aromatic N) is 3. The molecule has 1 amide bonds. The Morgan fingerprint density at radius 3 is 2.58 bits per heavy atom. The molecule has 1 aromatic carbocycles. The minimum atomic E-state index is -0.279. The fourth-order valence-corrected chi connectivity index (χ4v) is 2.05. The van der Waals surface area contributed by atoms with Crippen LogP contribution >= 0.6 is 0 Å². The Kier molecular flexibility index (Phi) is 5.09. The molecule has 0 aliphatic rings. The van der Waals surface area contributed by atoms with Crippen molar-refractivity contribution in [1.82, 2.24) is 20.3 Å². The van der Waals surface area contributed by atoms with Crippen LogP contribution in [-0.4, -0.2) is 20.9 Å². The zero-order valence-electron chi connectivity index (χ0n) is 12.9. The van der Waals surface area contributed by atoms with Crippen LogP contribution in [0.3, 0.4) is 0 Å². The third kappa shape index (κ3) is 4.36. The Balaban J connectivity index is 1.59. The summed E-state index contributed by atoms with van der Waals surface area (Å²) in [6.45, 7) is 0.793. The van der Waals surface area contributed by atoms with Gasteiger partial charge in [-0.25, -0.2) is 9.97 Å². The van der Waals surface area contributed by atoms with Gasteiger partial charge in [0, 0.05) is 25.0 Å². The van der Waals surface area contributed by atoms with Crippen LogP contribution in [0.2, 0.25) is 0 Å². The first-order valence-electron chi connectivity index (χ1n) is 7.47. The minimum Gasteiger partial charge on any atom is -0.473 e. The highest BCUT2D eigenvalue weighted by Gasteiger charge is 2.09. The van der Waals surface area contributed by atoms with Gasteiger partial charge in [0.1, 0.15) is 18.6 Å². The van der Waals surface area contributed by atoms with E-state index in [1.807, 2.05) is 42.5 Å². The van der Waals surface area contributed by atoms with Gasteiger partial charge in [0.15, 0.2) is 0 Å². The summed E-state index contributed by atoms with van der Waals surface area (Å²) < 4.78 is 5.61. The van der Waals surface area contributed by atoms with Crippen LogP contribution in [0.25, 0.3) is 0 Å². The van der Waals surface area contributed by atoms with Gasteiger partial charge >= 0.3 is 0 Å². The van der Waals surface area contributed by atoms with Gasteiger partial charge in [-0.2, -0.15) is 0 Å². The van der Waals surface area contributed by atoms with Crippen molar-refractivity contribution in [3.63, 3.8) is 0 Å². The molecule has 3 rings (SSSR count). The number of benzene rings is 1. The lowest BCUT2D eigenvalue weighted by molar-refractivity contribution is 0.0945. The van der Waals surface area contributed by atoms with Crippen molar-refractivity contribution in [2.24, 2.45) is 0 Å². The highest BCUT2D eigenvalue weighted by molar-refractivity contribution is 5.92. The average Bonchev–Trinajstić information content (AvgIpc) is 2.66. The molecule has 2 heterocycles. The Bertz CT molecular complexity index is 794. The molecule has 2 aromatic heterocycles. The van der Waals surface area contributed by atoms with Gasteiger partial charge in [0.05, 0.1) is 0 Å². The molecule has 0 aliphatic carbocycles. The molecule has 0 radical (unpaired) electrons. The average molecular weight is 320 g/mol. The number of amides is 1. The predicted octanol–water partition coefficient (Wildman–Crippen LogP) is 2.38. The van der Waals surface area contributed by atoms with E-state index in [0.29, 0.717) is 19.0 Å². The molecular formula is C18H16N4O2. The molecule has 0 unspecified atom stereocenters. The van der Waals surface area contributed by atoms with Gasteiger partial charge < -0.3 is 10.1 Å². The number of ether oxygens (including phenoxy) is 1. The second-order valence-electron chi connectivity index (χ2n) is 5.05. The van der Waals surface area contributed by atoms with E-state index in [-0.39, 0.29) is 11.6 Å². The summed E-state index contributed by atoms with van der Waals surface area (Å²) >= 11 is 0. The molecule has 0 aliphatic heterocycles. The molecule has 1 N–H and O–H groups in total. The summed E-state index contributed by atoms with van der Waals surface area (Å²) in [4.78, 5) is 24.1. The second-order valence-corrected chi connectivity index (χ2v) is 5.05. The van der Waals surface area contributed by atoms with Gasteiger partial charge in [0.2, 0.25) is 5.88 Å². The number of carbonyl (C=O) groups is 1. The van der Waals surface area contributed by atoms with E-state index in [1.165, 1.54) is 12.4 Å². The van der Waals surface area contributed by atoms with Gasteiger partial charge in [-0.15, -0.1) is 0 Å². The van der Waals surface area contributed by atoms with Crippen molar-refractivity contribution in [2.75, 3.05) is 0 Å². The Morgan fingerprint density at radius 2 is 1.79 bits per heavy atom. The van der Waals surface area contributed by atoms with Gasteiger partial charge in [-0.1, -0.05) is 30.3 Å². The summed E-state index contributed by atoms with van der Waals surface area (Å²) in [6.07, 6.45) is 4.69. The summed E-state index contributed by atoms with van der Waals surface area (Å²) in [5, 5.41) is 2.80. The van der Waals surface area contributed by atoms with E-state index in [4.69, 9.17) is 4.74 Å². The molecule has 3 aromatic rings. The van der Waals surface area contributed by atoms with Crippen LogP contribution in [0, 0.1) is 0 Å². The maximum atomic E-state index is 12.2. The van der Waals surface area contributed by atoms with Crippen molar-refractivity contribution in [2.45, 2.75) is 13.2 Å². The number of pyridine rings is 1. The lowest BCUT2D eigenvalue weighted by Gasteiger charge is -2.07. The number of hydrogen-bond donors (Lipinski definition) is 1. The van der Waals surface area contributed by atoms with Gasteiger partial charge in [-0.3, -0.25) is 9.78 Å². The molecule has 120 valence electrons. The largest absolute Gasteiger partial charge is 0.473 e. The van der Waals surface area contributed by atoms with E-state index in [1.54, 1.807) is 12.4 Å². The molecular weight excluding hydrogens is 304 g/mol. The first-order chi connectivity index (χ1) is 11.8. The van der Waals surface area contributed by atoms with Crippen LogP contribution in [0.1, 0.15) is 21.6 Å². The zero-order chi connectivity index (χ0) is 16.6. The molecule has 24 heavy (non-hydrogen) atoms. The number of rotatable bonds is 6. The van der Waals surface area contributed by atoms with Crippen molar-refractivity contribution in [3.8, 4) is 5.88 Å². The maximum absolute atomic E-state index is 12.2. The Morgan fingerprint density at radius 1 is 1.00 bits per heavy atom. The Hall–Kier alpha value is -3.28. The molecule has 0 saturated heterocycles. The fourth-order valence-electron chi connectivity index (χ4n) is 2.05. The van der Waals surface area contributed by atoms with E-state index in [9.17, 15) is 4.79 Å². The molecule has 6 nitrogen and oxygen atoms in total. The minimum absolute atomic E-state index is 0.266. The van der Waals surface area contributed by atoms with Gasteiger partial charge in [0.25, 0.3) is 5.91 Å². The molecule has 6 heteroatoms. The Labute approximate surface area is 139 Å². The summed E-state index contributed by atoms with van der Waals surface area (Å²) in [5.74, 6) is 0.0849. The fraction of sp³-hybridized carbons (Fsp3) is 0.111. The van der Waals surface area contributed by atoms with E-state index < -0.39 is 0 Å². The molecule has 0 bridgehead atoms. The van der Waals surface area contributed by atoms with Crippen LogP contribution < -0.4 is 10.1 Å². The maximum Gasteiger partial charge on any atom is 0.270 e. The lowest BCUT2D eigenvalue weighted by Crippen LogP contribution is -2.24. The first-order valence-corrected chi connectivity index (χ1v) is 7.47. The van der Waals surface area contributed by atoms with Gasteiger partial charge in [-0.05, 0) is 23.3 Å². The van der Waals surface area contributed by atoms with Crippen LogP contribution in [0.15, 0.2) is 67.3 Å². The molecule has 0 fully saturated rings. The second kappa shape index (κ2) is 7.82. The quantitative estimate of drug-likeness (QED) is 0.754. The summed E-state index contributed by atoms with van der Waals surface area (Å²) in [5.41, 5.74) is 2.26. The monoisotopic (exact) mass is 320 g/mol. The number of carbonyl (C=O) groups excluding carboxylic acids is 1. The lowest BCUT2D eigenvalue weighted by atomic mass is 10.2. The van der Waals surface area contributed by atoms with E-state index >= 15 is 0 Å². The number of hydrogen-bond acceptors (Lipinski definition) is 5. The van der Waals surface area contributed by atoms with Crippen molar-refractivity contribution in [3.05, 3.63) is 84.1 Å². The molecule has 0 saturated carbocycles. The van der Waals surface area contributed by atoms with Crippen LogP contribution in [-0.2, 0) is 13.2 Å². The van der Waals surface area contributed by atoms with Crippen molar-refractivity contribution < 1.29 is 9.53 Å². The third-order valence-electron chi connectivity index (χ3n) is 3.31.